The Balaban J connectivity index is 1.75. The second-order valence-electron chi connectivity index (χ2n) is 8.39. The van der Waals surface area contributed by atoms with E-state index in [-0.39, 0.29) is 34.7 Å². The fraction of sp³-hybridized carbons (Fsp3) is 0.737. The molecule has 3 fully saturated rings. The molecule has 7 atom stereocenters. The van der Waals surface area contributed by atoms with Gasteiger partial charge in [0.15, 0.2) is 5.78 Å². The van der Waals surface area contributed by atoms with E-state index in [4.69, 9.17) is 0 Å². The third kappa shape index (κ3) is 1.73. The van der Waals surface area contributed by atoms with E-state index in [1.807, 2.05) is 0 Å². The lowest BCUT2D eigenvalue weighted by atomic mass is 9.47. The first-order valence-corrected chi connectivity index (χ1v) is 8.66. The van der Waals surface area contributed by atoms with E-state index in [2.05, 4.69) is 19.9 Å². The SMILES string of the molecule is C[C@]12CC[C@H]3[C@@H]([C@@H](O)CC4=CC(=O)C=C[C@@]43C)[C@@H]1CC[C@@H]2O. The third-order valence-electron chi connectivity index (χ3n) is 7.53. The molecule has 22 heavy (non-hydrogen) atoms. The van der Waals surface area contributed by atoms with Gasteiger partial charge in [-0.3, -0.25) is 4.79 Å². The number of aliphatic hydroxyl groups is 2. The van der Waals surface area contributed by atoms with Gasteiger partial charge in [-0.25, -0.2) is 0 Å². The van der Waals surface area contributed by atoms with Crippen LogP contribution in [0.3, 0.4) is 0 Å². The van der Waals surface area contributed by atoms with Crippen LogP contribution in [0.5, 0.6) is 0 Å². The summed E-state index contributed by atoms with van der Waals surface area (Å²) in [7, 11) is 0. The highest BCUT2D eigenvalue weighted by atomic mass is 16.3. The van der Waals surface area contributed by atoms with Gasteiger partial charge in [0.2, 0.25) is 0 Å². The van der Waals surface area contributed by atoms with E-state index in [1.54, 1.807) is 12.2 Å². The minimum atomic E-state index is -0.376. The molecule has 0 aliphatic heterocycles. The fourth-order valence-electron chi connectivity index (χ4n) is 6.14. The van der Waals surface area contributed by atoms with E-state index < -0.39 is 0 Å². The van der Waals surface area contributed by atoms with Crippen LogP contribution < -0.4 is 0 Å². The number of ketones is 1. The smallest absolute Gasteiger partial charge is 0.178 e. The van der Waals surface area contributed by atoms with Crippen molar-refractivity contribution in [3.05, 3.63) is 23.8 Å². The number of allylic oxidation sites excluding steroid dienone is 3. The van der Waals surface area contributed by atoms with Crippen LogP contribution in [0.1, 0.15) is 46.0 Å². The van der Waals surface area contributed by atoms with Gasteiger partial charge in [0.25, 0.3) is 0 Å². The van der Waals surface area contributed by atoms with E-state index in [1.165, 1.54) is 0 Å². The van der Waals surface area contributed by atoms with Gasteiger partial charge >= 0.3 is 0 Å². The van der Waals surface area contributed by atoms with E-state index in [9.17, 15) is 15.0 Å². The molecule has 0 aromatic rings. The van der Waals surface area contributed by atoms with Gasteiger partial charge in [-0.15, -0.1) is 0 Å². The molecule has 4 aliphatic rings. The van der Waals surface area contributed by atoms with Crippen molar-refractivity contribution < 1.29 is 15.0 Å². The van der Waals surface area contributed by atoms with Crippen LogP contribution in [0.2, 0.25) is 0 Å². The Kier molecular flexibility index (Phi) is 3.03. The quantitative estimate of drug-likeness (QED) is 0.723. The van der Waals surface area contributed by atoms with E-state index in [0.29, 0.717) is 18.3 Å². The maximum Gasteiger partial charge on any atom is 0.178 e. The van der Waals surface area contributed by atoms with Crippen molar-refractivity contribution in [3.8, 4) is 0 Å². The highest BCUT2D eigenvalue weighted by Crippen LogP contribution is 2.64. The number of fused-ring (bicyclic) bond motifs is 5. The molecule has 0 bridgehead atoms. The second kappa shape index (κ2) is 4.55. The van der Waals surface area contributed by atoms with Crippen molar-refractivity contribution in [1.29, 1.82) is 0 Å². The summed E-state index contributed by atoms with van der Waals surface area (Å²) in [6.45, 7) is 4.45. The van der Waals surface area contributed by atoms with Crippen LogP contribution in [-0.4, -0.2) is 28.2 Å². The molecule has 3 saturated carbocycles. The van der Waals surface area contributed by atoms with Crippen molar-refractivity contribution in [1.82, 2.24) is 0 Å². The molecular formula is C19H26O3. The van der Waals surface area contributed by atoms with Crippen LogP contribution in [-0.2, 0) is 4.79 Å². The number of hydrogen-bond acceptors (Lipinski definition) is 3. The van der Waals surface area contributed by atoms with E-state index >= 15 is 0 Å². The molecule has 120 valence electrons. The monoisotopic (exact) mass is 302 g/mol. The van der Waals surface area contributed by atoms with Crippen molar-refractivity contribution >= 4 is 5.78 Å². The number of carbonyl (C=O) groups is 1. The summed E-state index contributed by atoms with van der Waals surface area (Å²) >= 11 is 0. The van der Waals surface area contributed by atoms with Crippen LogP contribution in [0.25, 0.3) is 0 Å². The lowest BCUT2D eigenvalue weighted by molar-refractivity contribution is -0.114. The Labute approximate surface area is 132 Å². The van der Waals surface area contributed by atoms with Gasteiger partial charge in [-0.2, -0.15) is 0 Å². The Morgan fingerprint density at radius 1 is 1.14 bits per heavy atom. The van der Waals surface area contributed by atoms with Gasteiger partial charge in [0.05, 0.1) is 12.2 Å². The largest absolute Gasteiger partial charge is 0.393 e. The van der Waals surface area contributed by atoms with Gasteiger partial charge in [-0.1, -0.05) is 25.5 Å². The predicted octanol–water partition coefficient (Wildman–Crippen LogP) is 2.63. The average Bonchev–Trinajstić information content (AvgIpc) is 2.77. The van der Waals surface area contributed by atoms with Gasteiger partial charge < -0.3 is 10.2 Å². The minimum absolute atomic E-state index is 0.0338. The van der Waals surface area contributed by atoms with Crippen molar-refractivity contribution in [2.45, 2.75) is 58.2 Å². The first kappa shape index (κ1) is 14.6. The zero-order chi connectivity index (χ0) is 15.7. The second-order valence-corrected chi connectivity index (χ2v) is 8.39. The molecule has 0 unspecified atom stereocenters. The molecule has 0 spiro atoms. The summed E-state index contributed by atoms with van der Waals surface area (Å²) in [6.07, 6.45) is 9.48. The molecule has 0 saturated heterocycles. The summed E-state index contributed by atoms with van der Waals surface area (Å²) in [5.41, 5.74) is 0.983. The average molecular weight is 302 g/mol. The molecule has 3 nitrogen and oxygen atoms in total. The highest BCUT2D eigenvalue weighted by molar-refractivity contribution is 6.01. The number of aliphatic hydroxyl groups excluding tert-OH is 2. The molecule has 2 N–H and O–H groups in total. The Morgan fingerprint density at radius 3 is 2.68 bits per heavy atom. The molecule has 0 radical (unpaired) electrons. The van der Waals surface area contributed by atoms with Gasteiger partial charge in [-0.05, 0) is 67.4 Å². The molecule has 4 rings (SSSR count). The zero-order valence-electron chi connectivity index (χ0n) is 13.5. The third-order valence-corrected chi connectivity index (χ3v) is 7.53. The Hall–Kier alpha value is -0.930. The summed E-state index contributed by atoms with van der Waals surface area (Å²) in [5, 5.41) is 21.3. The van der Waals surface area contributed by atoms with Crippen LogP contribution >= 0.6 is 0 Å². The molecule has 4 aliphatic carbocycles. The summed E-state index contributed by atoms with van der Waals surface area (Å²) in [6, 6.07) is 0. The maximum absolute atomic E-state index is 11.7. The lowest BCUT2D eigenvalue weighted by Crippen LogP contribution is -2.55. The number of carbonyl (C=O) groups excluding carboxylic acids is 1. The fourth-order valence-corrected chi connectivity index (χ4v) is 6.14. The standard InChI is InChI=1S/C19H26O3/c1-18-7-5-12(20)9-11(18)10-15(21)17-13-3-4-16(22)19(13,2)8-6-14(17)18/h5,7,9,13-17,21-22H,3-4,6,8,10H2,1-2H3/t13-,14-,15-,16-,17-,18-,19-/m0/s1. The summed E-state index contributed by atoms with van der Waals surface area (Å²) < 4.78 is 0. The zero-order valence-corrected chi connectivity index (χ0v) is 13.5. The molecule has 0 heterocycles. The Morgan fingerprint density at radius 2 is 1.91 bits per heavy atom. The highest BCUT2D eigenvalue weighted by Gasteiger charge is 2.60. The van der Waals surface area contributed by atoms with Gasteiger partial charge in [0, 0.05) is 5.41 Å². The molecular weight excluding hydrogens is 276 g/mol. The van der Waals surface area contributed by atoms with Crippen molar-refractivity contribution in [2.24, 2.45) is 28.6 Å². The van der Waals surface area contributed by atoms with Crippen molar-refractivity contribution in [3.63, 3.8) is 0 Å². The summed E-state index contributed by atoms with van der Waals surface area (Å²) in [5.74, 6) is 1.09. The van der Waals surface area contributed by atoms with Gasteiger partial charge in [0.1, 0.15) is 0 Å². The normalized spacial score (nSPS) is 53.5. The Bertz CT molecular complexity index is 577. The molecule has 0 aromatic carbocycles. The summed E-state index contributed by atoms with van der Waals surface area (Å²) in [4.78, 5) is 11.7. The van der Waals surface area contributed by atoms with Crippen LogP contribution in [0.4, 0.5) is 0 Å². The van der Waals surface area contributed by atoms with Crippen LogP contribution in [0.15, 0.2) is 23.8 Å². The number of rotatable bonds is 0. The topological polar surface area (TPSA) is 57.5 Å². The predicted molar refractivity (Wildman–Crippen MR) is 84.0 cm³/mol. The van der Waals surface area contributed by atoms with Crippen molar-refractivity contribution in [2.75, 3.05) is 0 Å². The first-order valence-electron chi connectivity index (χ1n) is 8.66. The minimum Gasteiger partial charge on any atom is -0.393 e. The molecule has 0 aromatic heterocycles. The maximum atomic E-state index is 11.7. The lowest BCUT2D eigenvalue weighted by Gasteiger charge is -2.58. The first-order chi connectivity index (χ1) is 10.4. The van der Waals surface area contributed by atoms with E-state index in [0.717, 1.165) is 31.3 Å². The molecule has 0 amide bonds. The number of hydrogen-bond donors (Lipinski definition) is 2. The molecule has 3 heteroatoms. The van der Waals surface area contributed by atoms with Crippen LogP contribution in [0, 0.1) is 28.6 Å².